The van der Waals surface area contributed by atoms with E-state index in [4.69, 9.17) is 5.11 Å². The molecule has 3 heteroatoms. The lowest BCUT2D eigenvalue weighted by Crippen LogP contribution is -2.31. The summed E-state index contributed by atoms with van der Waals surface area (Å²) in [6.45, 7) is 6.61. The Morgan fingerprint density at radius 2 is 2.14 bits per heavy atom. The molecule has 0 radical (unpaired) electrons. The molecule has 0 aromatic heterocycles. The summed E-state index contributed by atoms with van der Waals surface area (Å²) in [5, 5.41) is 8.72. The van der Waals surface area contributed by atoms with Gasteiger partial charge in [-0.15, -0.1) is 0 Å². The molecule has 82 valence electrons. The van der Waals surface area contributed by atoms with Crippen molar-refractivity contribution in [2.45, 2.75) is 45.6 Å². The van der Waals surface area contributed by atoms with Gasteiger partial charge in [0.1, 0.15) is 0 Å². The second-order valence-electron chi connectivity index (χ2n) is 4.52. The van der Waals surface area contributed by atoms with Crippen LogP contribution in [0.2, 0.25) is 0 Å². The molecule has 1 saturated heterocycles. The lowest BCUT2D eigenvalue weighted by atomic mass is 9.97. The summed E-state index contributed by atoms with van der Waals surface area (Å²) in [6, 6.07) is 0.596. The molecule has 14 heavy (non-hydrogen) atoms. The molecular weight excluding hydrogens is 178 g/mol. The van der Waals surface area contributed by atoms with Crippen LogP contribution in [-0.2, 0) is 4.79 Å². The zero-order valence-electron chi connectivity index (χ0n) is 9.20. The summed E-state index contributed by atoms with van der Waals surface area (Å²) in [5.74, 6) is -0.246. The second-order valence-corrected chi connectivity index (χ2v) is 4.52. The third-order valence-electron chi connectivity index (χ3n) is 3.08. The van der Waals surface area contributed by atoms with Crippen LogP contribution < -0.4 is 0 Å². The first kappa shape index (κ1) is 11.5. The molecule has 0 aliphatic carbocycles. The van der Waals surface area contributed by atoms with Crippen LogP contribution in [0.3, 0.4) is 0 Å². The van der Waals surface area contributed by atoms with Gasteiger partial charge in [0.05, 0.1) is 0 Å². The number of carboxylic acid groups (broad SMARTS) is 1. The quantitative estimate of drug-likeness (QED) is 0.755. The van der Waals surface area contributed by atoms with Crippen molar-refractivity contribution in [3.63, 3.8) is 0 Å². The summed E-state index contributed by atoms with van der Waals surface area (Å²) >= 11 is 0. The average Bonchev–Trinajstić information content (AvgIpc) is 2.28. The summed E-state index contributed by atoms with van der Waals surface area (Å²) in [6.07, 6.45) is 3.63. The Morgan fingerprint density at radius 3 is 2.71 bits per heavy atom. The van der Waals surface area contributed by atoms with Crippen LogP contribution in [0, 0.1) is 5.92 Å². The Balaban J connectivity index is 2.36. The van der Waals surface area contributed by atoms with Crippen LogP contribution in [-0.4, -0.2) is 35.1 Å². The fourth-order valence-electron chi connectivity index (χ4n) is 2.16. The fraction of sp³-hybridized carbons (Fsp3) is 0.909. The zero-order chi connectivity index (χ0) is 10.6. The van der Waals surface area contributed by atoms with E-state index < -0.39 is 5.97 Å². The van der Waals surface area contributed by atoms with E-state index in [0.717, 1.165) is 32.4 Å². The van der Waals surface area contributed by atoms with Gasteiger partial charge in [-0.2, -0.15) is 0 Å². The van der Waals surface area contributed by atoms with Crippen LogP contribution in [0.5, 0.6) is 0 Å². The fourth-order valence-corrected chi connectivity index (χ4v) is 2.16. The lowest BCUT2D eigenvalue weighted by Gasteiger charge is -2.24. The third kappa shape index (κ3) is 3.66. The monoisotopic (exact) mass is 199 g/mol. The first-order valence-corrected chi connectivity index (χ1v) is 5.55. The van der Waals surface area contributed by atoms with Crippen molar-refractivity contribution in [1.82, 2.24) is 4.90 Å². The smallest absolute Gasteiger partial charge is 0.303 e. The molecule has 0 aromatic rings. The van der Waals surface area contributed by atoms with Crippen molar-refractivity contribution in [1.29, 1.82) is 0 Å². The maximum Gasteiger partial charge on any atom is 0.303 e. The summed E-state index contributed by atoms with van der Waals surface area (Å²) in [4.78, 5) is 13.0. The lowest BCUT2D eigenvalue weighted by molar-refractivity contribution is -0.138. The molecule has 1 atom stereocenters. The molecular formula is C11H21NO2. The molecule has 1 fully saturated rings. The SMILES string of the molecule is CC(C)N1CCCC(CC(=O)O)CC1. The molecule has 0 aromatic carbocycles. The standard InChI is InChI=1S/C11H21NO2/c1-9(2)12-6-3-4-10(5-7-12)8-11(13)14/h9-10H,3-8H2,1-2H3,(H,13,14). The van der Waals surface area contributed by atoms with E-state index >= 15 is 0 Å². The van der Waals surface area contributed by atoms with Gasteiger partial charge in [-0.25, -0.2) is 0 Å². The van der Waals surface area contributed by atoms with Gasteiger partial charge in [-0.3, -0.25) is 4.79 Å². The van der Waals surface area contributed by atoms with Crippen molar-refractivity contribution in [2.75, 3.05) is 13.1 Å². The Kier molecular flexibility index (Phi) is 4.39. The maximum absolute atomic E-state index is 10.6. The predicted octanol–water partition coefficient (Wildman–Crippen LogP) is 1.97. The van der Waals surface area contributed by atoms with Crippen molar-refractivity contribution in [2.24, 2.45) is 5.92 Å². The van der Waals surface area contributed by atoms with E-state index in [1.165, 1.54) is 0 Å². The normalized spacial score (nSPS) is 24.9. The number of carbonyl (C=O) groups is 1. The van der Waals surface area contributed by atoms with Crippen LogP contribution in [0.25, 0.3) is 0 Å². The van der Waals surface area contributed by atoms with E-state index in [9.17, 15) is 4.79 Å². The minimum atomic E-state index is -0.645. The van der Waals surface area contributed by atoms with E-state index in [2.05, 4.69) is 18.7 Å². The third-order valence-corrected chi connectivity index (χ3v) is 3.08. The molecule has 0 amide bonds. The van der Waals surface area contributed by atoms with Gasteiger partial charge in [0.25, 0.3) is 0 Å². The summed E-state index contributed by atoms with van der Waals surface area (Å²) in [7, 11) is 0. The molecule has 1 rings (SSSR count). The van der Waals surface area contributed by atoms with E-state index in [1.807, 2.05) is 0 Å². The largest absolute Gasteiger partial charge is 0.481 e. The van der Waals surface area contributed by atoms with Gasteiger partial charge in [0.15, 0.2) is 0 Å². The van der Waals surface area contributed by atoms with Crippen molar-refractivity contribution < 1.29 is 9.90 Å². The van der Waals surface area contributed by atoms with Crippen LogP contribution in [0.1, 0.15) is 39.5 Å². The number of rotatable bonds is 3. The van der Waals surface area contributed by atoms with Crippen molar-refractivity contribution in [3.05, 3.63) is 0 Å². The second kappa shape index (κ2) is 5.35. The minimum Gasteiger partial charge on any atom is -0.481 e. The Morgan fingerprint density at radius 1 is 1.43 bits per heavy atom. The number of carboxylic acids is 1. The van der Waals surface area contributed by atoms with Crippen LogP contribution in [0.4, 0.5) is 0 Å². The molecule has 1 unspecified atom stereocenters. The van der Waals surface area contributed by atoms with Gasteiger partial charge in [-0.1, -0.05) is 0 Å². The van der Waals surface area contributed by atoms with Crippen molar-refractivity contribution in [3.8, 4) is 0 Å². The van der Waals surface area contributed by atoms with Crippen molar-refractivity contribution >= 4 is 5.97 Å². The molecule has 1 aliphatic rings. The van der Waals surface area contributed by atoms with Gasteiger partial charge in [0, 0.05) is 12.5 Å². The van der Waals surface area contributed by atoms with Gasteiger partial charge in [-0.05, 0) is 52.1 Å². The Bertz CT molecular complexity index is 192. The molecule has 3 nitrogen and oxygen atoms in total. The van der Waals surface area contributed by atoms with Gasteiger partial charge < -0.3 is 10.0 Å². The molecule has 1 aliphatic heterocycles. The summed E-state index contributed by atoms with van der Waals surface area (Å²) in [5.41, 5.74) is 0. The van der Waals surface area contributed by atoms with Gasteiger partial charge >= 0.3 is 5.97 Å². The number of nitrogens with zero attached hydrogens (tertiary/aromatic N) is 1. The number of hydrogen-bond donors (Lipinski definition) is 1. The molecule has 1 N–H and O–H groups in total. The first-order chi connectivity index (χ1) is 6.59. The molecule has 1 heterocycles. The van der Waals surface area contributed by atoms with E-state index in [-0.39, 0.29) is 0 Å². The highest BCUT2D eigenvalue weighted by Crippen LogP contribution is 2.21. The zero-order valence-corrected chi connectivity index (χ0v) is 9.20. The highest BCUT2D eigenvalue weighted by Gasteiger charge is 2.20. The number of likely N-dealkylation sites (tertiary alicyclic amines) is 1. The Hall–Kier alpha value is -0.570. The predicted molar refractivity (Wildman–Crippen MR) is 56.3 cm³/mol. The van der Waals surface area contributed by atoms with Gasteiger partial charge in [0.2, 0.25) is 0 Å². The van der Waals surface area contributed by atoms with E-state index in [1.54, 1.807) is 0 Å². The molecule has 0 saturated carbocycles. The van der Waals surface area contributed by atoms with Crippen LogP contribution in [0.15, 0.2) is 0 Å². The topological polar surface area (TPSA) is 40.5 Å². The average molecular weight is 199 g/mol. The van der Waals surface area contributed by atoms with Crippen LogP contribution >= 0.6 is 0 Å². The number of hydrogen-bond acceptors (Lipinski definition) is 2. The molecule has 0 bridgehead atoms. The first-order valence-electron chi connectivity index (χ1n) is 5.55. The summed E-state index contributed by atoms with van der Waals surface area (Å²) < 4.78 is 0. The minimum absolute atomic E-state index is 0.353. The molecule has 0 spiro atoms. The maximum atomic E-state index is 10.6. The van der Waals surface area contributed by atoms with E-state index in [0.29, 0.717) is 18.4 Å². The Labute approximate surface area is 86.1 Å². The highest BCUT2D eigenvalue weighted by atomic mass is 16.4. The highest BCUT2D eigenvalue weighted by molar-refractivity contribution is 5.66. The number of aliphatic carboxylic acids is 1.